The molecule has 12 heavy (non-hydrogen) atoms. The number of hydrogen-bond donors (Lipinski definition) is 1. The fourth-order valence-corrected chi connectivity index (χ4v) is 3.22. The molecule has 0 atom stereocenters. The Balaban J connectivity index is 2.38. The molecular formula is C8H7NOS2. The number of hydrogen-bond acceptors (Lipinski definition) is 3. The highest BCUT2D eigenvalue weighted by Crippen LogP contribution is 2.29. The predicted molar refractivity (Wildman–Crippen MR) is 52.6 cm³/mol. The first-order valence-electron chi connectivity index (χ1n) is 3.50. The summed E-state index contributed by atoms with van der Waals surface area (Å²) in [6.45, 7) is 0. The number of carbonyl (C=O) groups excluding carboxylic acids is 1. The molecule has 0 aromatic carbocycles. The third-order valence-corrected chi connectivity index (χ3v) is 3.63. The molecule has 2 heterocycles. The van der Waals surface area contributed by atoms with Gasteiger partial charge in [-0.25, -0.2) is 0 Å². The molecule has 0 spiro atoms. The predicted octanol–water partition coefficient (Wildman–Crippen LogP) is 1.99. The van der Waals surface area contributed by atoms with Gasteiger partial charge in [-0.05, 0) is 17.5 Å². The number of carbonyl (C=O) groups is 1. The zero-order chi connectivity index (χ0) is 8.55. The van der Waals surface area contributed by atoms with E-state index >= 15 is 0 Å². The molecular weight excluding hydrogens is 190 g/mol. The minimum Gasteiger partial charge on any atom is -0.369 e. The number of thiophene rings is 2. The standard InChI is InChI=1S/C8H7NOS2/c9-8(10)4-5-3-7-6(12-5)1-2-11-7/h1-3H,4H2,(H2,9,10). The second-order valence-electron chi connectivity index (χ2n) is 2.50. The van der Waals surface area contributed by atoms with Crippen LogP contribution in [0.3, 0.4) is 0 Å². The van der Waals surface area contributed by atoms with E-state index in [2.05, 4.69) is 11.4 Å². The zero-order valence-corrected chi connectivity index (χ0v) is 7.87. The highest BCUT2D eigenvalue weighted by Gasteiger charge is 2.04. The largest absolute Gasteiger partial charge is 0.369 e. The molecule has 2 N–H and O–H groups in total. The summed E-state index contributed by atoms with van der Waals surface area (Å²) in [6.07, 6.45) is 0.367. The van der Waals surface area contributed by atoms with Crippen molar-refractivity contribution in [3.8, 4) is 0 Å². The van der Waals surface area contributed by atoms with E-state index in [-0.39, 0.29) is 5.91 Å². The molecule has 2 aromatic rings. The molecule has 0 saturated carbocycles. The average molecular weight is 197 g/mol. The number of nitrogens with two attached hydrogens (primary N) is 1. The van der Waals surface area contributed by atoms with Crippen molar-refractivity contribution in [2.24, 2.45) is 5.73 Å². The minimum absolute atomic E-state index is 0.260. The van der Waals surface area contributed by atoms with E-state index < -0.39 is 0 Å². The summed E-state index contributed by atoms with van der Waals surface area (Å²) in [6, 6.07) is 4.10. The molecule has 1 amide bonds. The molecule has 0 radical (unpaired) electrons. The van der Waals surface area contributed by atoms with Gasteiger partial charge in [-0.2, -0.15) is 0 Å². The van der Waals surface area contributed by atoms with Gasteiger partial charge in [0.15, 0.2) is 0 Å². The van der Waals surface area contributed by atoms with E-state index in [1.165, 1.54) is 9.40 Å². The van der Waals surface area contributed by atoms with Crippen molar-refractivity contribution in [2.45, 2.75) is 6.42 Å². The number of primary amides is 1. The van der Waals surface area contributed by atoms with Crippen LogP contribution in [0.5, 0.6) is 0 Å². The monoisotopic (exact) mass is 197 g/mol. The van der Waals surface area contributed by atoms with Crippen molar-refractivity contribution in [3.05, 3.63) is 22.4 Å². The van der Waals surface area contributed by atoms with Gasteiger partial charge in [0, 0.05) is 14.3 Å². The zero-order valence-electron chi connectivity index (χ0n) is 6.24. The first kappa shape index (κ1) is 7.76. The lowest BCUT2D eigenvalue weighted by molar-refractivity contribution is -0.117. The van der Waals surface area contributed by atoms with Crippen LogP contribution in [-0.4, -0.2) is 5.91 Å². The summed E-state index contributed by atoms with van der Waals surface area (Å²) in [5.41, 5.74) is 5.09. The summed E-state index contributed by atoms with van der Waals surface area (Å²) in [4.78, 5) is 11.7. The van der Waals surface area contributed by atoms with E-state index in [4.69, 9.17) is 5.73 Å². The van der Waals surface area contributed by atoms with Gasteiger partial charge in [0.1, 0.15) is 0 Å². The Morgan fingerprint density at radius 3 is 3.00 bits per heavy atom. The van der Waals surface area contributed by atoms with Gasteiger partial charge in [-0.3, -0.25) is 4.79 Å². The van der Waals surface area contributed by atoms with Gasteiger partial charge in [0.25, 0.3) is 0 Å². The van der Waals surface area contributed by atoms with E-state index in [9.17, 15) is 4.79 Å². The highest BCUT2D eigenvalue weighted by molar-refractivity contribution is 7.26. The van der Waals surface area contributed by atoms with Crippen molar-refractivity contribution in [3.63, 3.8) is 0 Å². The van der Waals surface area contributed by atoms with Crippen LogP contribution in [0.2, 0.25) is 0 Å². The second-order valence-corrected chi connectivity index (χ2v) is 4.62. The van der Waals surface area contributed by atoms with Gasteiger partial charge in [-0.1, -0.05) is 0 Å². The lowest BCUT2D eigenvalue weighted by Gasteiger charge is -1.87. The van der Waals surface area contributed by atoms with Crippen molar-refractivity contribution >= 4 is 38.0 Å². The van der Waals surface area contributed by atoms with Gasteiger partial charge in [0.2, 0.25) is 5.91 Å². The summed E-state index contributed by atoms with van der Waals surface area (Å²) >= 11 is 3.34. The Labute approximate surface area is 77.6 Å². The van der Waals surface area contributed by atoms with Crippen molar-refractivity contribution in [1.82, 2.24) is 0 Å². The van der Waals surface area contributed by atoms with Gasteiger partial charge < -0.3 is 5.73 Å². The molecule has 0 unspecified atom stereocenters. The van der Waals surface area contributed by atoms with E-state index in [0.717, 1.165) is 4.88 Å². The van der Waals surface area contributed by atoms with Crippen LogP contribution >= 0.6 is 22.7 Å². The Bertz CT molecular complexity index is 387. The molecule has 4 heteroatoms. The lowest BCUT2D eigenvalue weighted by atomic mass is 10.3. The molecule has 0 saturated heterocycles. The van der Waals surface area contributed by atoms with E-state index in [0.29, 0.717) is 6.42 Å². The number of amides is 1. The first-order chi connectivity index (χ1) is 5.75. The van der Waals surface area contributed by atoms with Crippen LogP contribution in [0.25, 0.3) is 9.40 Å². The van der Waals surface area contributed by atoms with Crippen LogP contribution in [-0.2, 0) is 11.2 Å². The van der Waals surface area contributed by atoms with Crippen LogP contribution in [0, 0.1) is 0 Å². The topological polar surface area (TPSA) is 43.1 Å². The number of fused-ring (bicyclic) bond motifs is 1. The molecule has 2 nitrogen and oxygen atoms in total. The van der Waals surface area contributed by atoms with Gasteiger partial charge in [0.05, 0.1) is 6.42 Å². The molecule has 62 valence electrons. The van der Waals surface area contributed by atoms with Crippen LogP contribution in [0.1, 0.15) is 4.88 Å². The molecule has 0 bridgehead atoms. The number of rotatable bonds is 2. The third-order valence-electron chi connectivity index (χ3n) is 1.54. The Morgan fingerprint density at radius 2 is 2.33 bits per heavy atom. The van der Waals surface area contributed by atoms with Crippen molar-refractivity contribution in [1.29, 1.82) is 0 Å². The van der Waals surface area contributed by atoms with E-state index in [1.807, 2.05) is 6.07 Å². The summed E-state index contributed by atoms with van der Waals surface area (Å²) < 4.78 is 2.49. The maximum Gasteiger partial charge on any atom is 0.222 e. The smallest absolute Gasteiger partial charge is 0.222 e. The Kier molecular flexibility index (Phi) is 1.86. The quantitative estimate of drug-likeness (QED) is 0.786. The molecule has 0 aliphatic carbocycles. The van der Waals surface area contributed by atoms with Crippen LogP contribution in [0.15, 0.2) is 17.5 Å². The van der Waals surface area contributed by atoms with Gasteiger partial charge >= 0.3 is 0 Å². The SMILES string of the molecule is NC(=O)Cc1cc2sccc2s1. The van der Waals surface area contributed by atoms with Crippen molar-refractivity contribution in [2.75, 3.05) is 0 Å². The minimum atomic E-state index is -0.260. The Morgan fingerprint density at radius 1 is 1.50 bits per heavy atom. The highest BCUT2D eigenvalue weighted by atomic mass is 32.1. The molecule has 0 fully saturated rings. The molecule has 2 aromatic heterocycles. The summed E-state index contributed by atoms with van der Waals surface area (Å²) in [5, 5.41) is 2.05. The van der Waals surface area contributed by atoms with Crippen molar-refractivity contribution < 1.29 is 4.79 Å². The fourth-order valence-electron chi connectivity index (χ4n) is 1.07. The summed E-state index contributed by atoms with van der Waals surface area (Å²) in [5.74, 6) is -0.260. The molecule has 0 aliphatic rings. The maximum absolute atomic E-state index is 10.6. The maximum atomic E-state index is 10.6. The normalized spacial score (nSPS) is 10.7. The van der Waals surface area contributed by atoms with Crippen LogP contribution in [0.4, 0.5) is 0 Å². The summed E-state index contributed by atoms with van der Waals surface area (Å²) in [7, 11) is 0. The Hall–Kier alpha value is -0.870. The fraction of sp³-hybridized carbons (Fsp3) is 0.125. The lowest BCUT2D eigenvalue weighted by Crippen LogP contribution is -2.12. The third kappa shape index (κ3) is 1.35. The molecule has 2 rings (SSSR count). The molecule has 0 aliphatic heterocycles. The van der Waals surface area contributed by atoms with Crippen LogP contribution < -0.4 is 5.73 Å². The van der Waals surface area contributed by atoms with E-state index in [1.54, 1.807) is 22.7 Å². The second kappa shape index (κ2) is 2.88. The van der Waals surface area contributed by atoms with Gasteiger partial charge in [-0.15, -0.1) is 22.7 Å². The first-order valence-corrected chi connectivity index (χ1v) is 5.19. The average Bonchev–Trinajstić information content (AvgIpc) is 2.43.